The molecule has 19 heavy (non-hydrogen) atoms. The van der Waals surface area contributed by atoms with Gasteiger partial charge in [0.25, 0.3) is 0 Å². The van der Waals surface area contributed by atoms with Crippen LogP contribution in [0.15, 0.2) is 36.8 Å². The molecule has 0 amide bonds. The summed E-state index contributed by atoms with van der Waals surface area (Å²) < 4.78 is 8.05. The first kappa shape index (κ1) is 12.2. The molecule has 100 valence electrons. The van der Waals surface area contributed by atoms with Crippen LogP contribution >= 0.6 is 0 Å². The molecular formula is C15H19N3O. The fraction of sp³-hybridized carbons (Fsp3) is 0.400. The Kier molecular flexibility index (Phi) is 2.82. The lowest BCUT2D eigenvalue weighted by Crippen LogP contribution is -2.33. The molecule has 0 spiro atoms. The molecule has 0 bridgehead atoms. The molecule has 2 heterocycles. The van der Waals surface area contributed by atoms with Gasteiger partial charge in [0.05, 0.1) is 24.1 Å². The predicted molar refractivity (Wildman–Crippen MR) is 74.0 cm³/mol. The third-order valence-corrected chi connectivity index (χ3v) is 3.49. The summed E-state index contributed by atoms with van der Waals surface area (Å²) in [6, 6.07) is 8.21. The molecule has 1 aromatic heterocycles. The quantitative estimate of drug-likeness (QED) is 0.916. The van der Waals surface area contributed by atoms with Crippen LogP contribution in [-0.2, 0) is 18.5 Å². The molecule has 4 heteroatoms. The van der Waals surface area contributed by atoms with Crippen LogP contribution in [0.25, 0.3) is 0 Å². The number of imidazole rings is 1. The lowest BCUT2D eigenvalue weighted by Gasteiger charge is -2.22. The van der Waals surface area contributed by atoms with Crippen LogP contribution in [0.1, 0.15) is 25.1 Å². The number of hydrogen-bond donors (Lipinski definition) is 1. The second-order valence-corrected chi connectivity index (χ2v) is 5.70. The van der Waals surface area contributed by atoms with E-state index in [1.165, 1.54) is 5.56 Å². The summed E-state index contributed by atoms with van der Waals surface area (Å²) in [5.41, 5.74) is 8.09. The molecule has 1 aliphatic rings. The number of rotatable bonds is 3. The van der Waals surface area contributed by atoms with E-state index in [0.717, 1.165) is 24.4 Å². The van der Waals surface area contributed by atoms with Gasteiger partial charge in [0.1, 0.15) is 11.9 Å². The second kappa shape index (κ2) is 4.38. The number of nitrogens with two attached hydrogens (primary N) is 1. The van der Waals surface area contributed by atoms with Crippen LogP contribution in [0.4, 0.5) is 0 Å². The van der Waals surface area contributed by atoms with Crippen LogP contribution in [0.3, 0.4) is 0 Å². The van der Waals surface area contributed by atoms with Crippen molar-refractivity contribution >= 4 is 0 Å². The van der Waals surface area contributed by atoms with E-state index >= 15 is 0 Å². The van der Waals surface area contributed by atoms with Crippen molar-refractivity contribution < 1.29 is 4.74 Å². The number of para-hydroxylation sites is 1. The highest BCUT2D eigenvalue weighted by Gasteiger charge is 2.25. The summed E-state index contributed by atoms with van der Waals surface area (Å²) in [6.45, 7) is 4.76. The molecule has 0 aliphatic carbocycles. The van der Waals surface area contributed by atoms with E-state index in [-0.39, 0.29) is 11.6 Å². The smallest absolute Gasteiger partial charge is 0.123 e. The molecule has 4 nitrogen and oxygen atoms in total. The van der Waals surface area contributed by atoms with Crippen molar-refractivity contribution in [2.75, 3.05) is 0 Å². The molecule has 0 radical (unpaired) electrons. The van der Waals surface area contributed by atoms with Crippen molar-refractivity contribution in [2.24, 2.45) is 5.73 Å². The lowest BCUT2D eigenvalue weighted by atomic mass is 10.0. The minimum absolute atomic E-state index is 0.160. The molecule has 0 fully saturated rings. The summed E-state index contributed by atoms with van der Waals surface area (Å²) in [7, 11) is 0. The summed E-state index contributed by atoms with van der Waals surface area (Å²) in [4.78, 5) is 4.21. The molecule has 0 saturated carbocycles. The second-order valence-electron chi connectivity index (χ2n) is 5.70. The van der Waals surface area contributed by atoms with Crippen molar-refractivity contribution in [3.8, 4) is 5.75 Å². The first-order valence-corrected chi connectivity index (χ1v) is 6.58. The van der Waals surface area contributed by atoms with Crippen molar-refractivity contribution in [3.05, 3.63) is 48.0 Å². The maximum atomic E-state index is 6.16. The van der Waals surface area contributed by atoms with E-state index in [9.17, 15) is 0 Å². The van der Waals surface area contributed by atoms with E-state index in [1.807, 2.05) is 38.5 Å². The number of hydrogen-bond acceptors (Lipinski definition) is 3. The average Bonchev–Trinajstić information content (AvgIpc) is 2.93. The van der Waals surface area contributed by atoms with Crippen LogP contribution in [-0.4, -0.2) is 15.7 Å². The molecule has 1 atom stereocenters. The lowest BCUT2D eigenvalue weighted by molar-refractivity contribution is 0.205. The zero-order valence-corrected chi connectivity index (χ0v) is 11.3. The third kappa shape index (κ3) is 2.36. The Morgan fingerprint density at radius 2 is 2.21 bits per heavy atom. The first-order chi connectivity index (χ1) is 9.04. The Hall–Kier alpha value is -1.81. The van der Waals surface area contributed by atoms with Gasteiger partial charge in [0, 0.05) is 12.6 Å². The van der Waals surface area contributed by atoms with E-state index in [0.29, 0.717) is 0 Å². The first-order valence-electron chi connectivity index (χ1n) is 6.58. The topological polar surface area (TPSA) is 53.1 Å². The van der Waals surface area contributed by atoms with Gasteiger partial charge in [-0.05, 0) is 25.5 Å². The maximum absolute atomic E-state index is 6.16. The van der Waals surface area contributed by atoms with Crippen molar-refractivity contribution in [3.63, 3.8) is 0 Å². The van der Waals surface area contributed by atoms with Gasteiger partial charge in [-0.2, -0.15) is 0 Å². The SMILES string of the molecule is CC(C)(N)c1cncn1CC1Cc2ccccc2O1. The molecule has 1 aromatic carbocycles. The summed E-state index contributed by atoms with van der Waals surface area (Å²) >= 11 is 0. The highest BCUT2D eigenvalue weighted by Crippen LogP contribution is 2.29. The minimum atomic E-state index is -0.387. The number of nitrogens with zero attached hydrogens (tertiary/aromatic N) is 2. The number of benzene rings is 1. The van der Waals surface area contributed by atoms with Gasteiger partial charge in [-0.1, -0.05) is 18.2 Å². The van der Waals surface area contributed by atoms with E-state index in [4.69, 9.17) is 10.5 Å². The van der Waals surface area contributed by atoms with Crippen LogP contribution < -0.4 is 10.5 Å². The molecule has 1 unspecified atom stereocenters. The van der Waals surface area contributed by atoms with Crippen molar-refractivity contribution in [1.82, 2.24) is 9.55 Å². The van der Waals surface area contributed by atoms with Gasteiger partial charge in [-0.25, -0.2) is 4.98 Å². The maximum Gasteiger partial charge on any atom is 0.123 e. The molecule has 2 aromatic rings. The minimum Gasteiger partial charge on any atom is -0.488 e. The Morgan fingerprint density at radius 3 is 2.95 bits per heavy atom. The zero-order valence-electron chi connectivity index (χ0n) is 11.3. The Morgan fingerprint density at radius 1 is 1.42 bits per heavy atom. The van der Waals surface area contributed by atoms with Crippen LogP contribution in [0.2, 0.25) is 0 Å². The number of ether oxygens (including phenoxy) is 1. The van der Waals surface area contributed by atoms with Gasteiger partial charge in [0.2, 0.25) is 0 Å². The third-order valence-electron chi connectivity index (χ3n) is 3.49. The predicted octanol–water partition coefficient (Wildman–Crippen LogP) is 2.08. The Labute approximate surface area is 113 Å². The summed E-state index contributed by atoms with van der Waals surface area (Å²) in [6.07, 6.45) is 4.77. The van der Waals surface area contributed by atoms with Crippen molar-refractivity contribution in [1.29, 1.82) is 0 Å². The monoisotopic (exact) mass is 257 g/mol. The number of fused-ring (bicyclic) bond motifs is 1. The van der Waals surface area contributed by atoms with E-state index in [1.54, 1.807) is 0 Å². The fourth-order valence-corrected chi connectivity index (χ4v) is 2.58. The molecule has 2 N–H and O–H groups in total. The zero-order chi connectivity index (χ0) is 13.5. The molecule has 3 rings (SSSR count). The summed E-state index contributed by atoms with van der Waals surface area (Å²) in [5, 5.41) is 0. The number of aromatic nitrogens is 2. The average molecular weight is 257 g/mol. The largest absolute Gasteiger partial charge is 0.488 e. The van der Waals surface area contributed by atoms with Crippen LogP contribution in [0, 0.1) is 0 Å². The highest BCUT2D eigenvalue weighted by molar-refractivity contribution is 5.37. The molecule has 1 aliphatic heterocycles. The highest BCUT2D eigenvalue weighted by atomic mass is 16.5. The van der Waals surface area contributed by atoms with E-state index < -0.39 is 0 Å². The van der Waals surface area contributed by atoms with Gasteiger partial charge >= 0.3 is 0 Å². The standard InChI is InChI=1S/C15H19N3O/c1-15(2,16)14-8-17-10-18(14)9-12-7-11-5-3-4-6-13(11)19-12/h3-6,8,10,12H,7,9,16H2,1-2H3. The summed E-state index contributed by atoms with van der Waals surface area (Å²) in [5.74, 6) is 1.00. The van der Waals surface area contributed by atoms with Gasteiger partial charge in [-0.3, -0.25) is 0 Å². The van der Waals surface area contributed by atoms with Crippen molar-refractivity contribution in [2.45, 2.75) is 38.5 Å². The van der Waals surface area contributed by atoms with Gasteiger partial charge in [0.15, 0.2) is 0 Å². The van der Waals surface area contributed by atoms with Gasteiger partial charge in [-0.15, -0.1) is 0 Å². The fourth-order valence-electron chi connectivity index (χ4n) is 2.58. The molecular weight excluding hydrogens is 238 g/mol. The Balaban J connectivity index is 1.77. The molecule has 0 saturated heterocycles. The van der Waals surface area contributed by atoms with Gasteiger partial charge < -0.3 is 15.0 Å². The van der Waals surface area contributed by atoms with E-state index in [2.05, 4.69) is 21.7 Å². The normalized spacial score (nSPS) is 18.2. The Bertz CT molecular complexity index is 558. The van der Waals surface area contributed by atoms with Crippen LogP contribution in [0.5, 0.6) is 5.75 Å².